The molecule has 4 aromatic rings. The Morgan fingerprint density at radius 3 is 2.56 bits per heavy atom. The summed E-state index contributed by atoms with van der Waals surface area (Å²) in [6.45, 7) is 3.94. The first kappa shape index (κ1) is 20.1. The monoisotopic (exact) mass is 427 g/mol. The molecule has 7 heteroatoms. The maximum absolute atomic E-state index is 13.0. The predicted molar refractivity (Wildman–Crippen MR) is 127 cm³/mol. The highest BCUT2D eigenvalue weighted by Gasteiger charge is 2.17. The molecular formula is C25H25N5O2. The van der Waals surface area contributed by atoms with Gasteiger partial charge in [0.2, 0.25) is 0 Å². The molecule has 2 N–H and O–H groups in total. The maximum atomic E-state index is 13.0. The molecule has 7 nitrogen and oxygen atoms in total. The highest BCUT2D eigenvalue weighted by molar-refractivity contribution is 6.08. The minimum atomic E-state index is -0.191. The molecule has 0 atom stereocenters. The molecule has 3 aromatic carbocycles. The van der Waals surface area contributed by atoms with E-state index in [1.165, 1.54) is 0 Å². The highest BCUT2D eigenvalue weighted by atomic mass is 16.5. The van der Waals surface area contributed by atoms with Crippen molar-refractivity contribution >= 4 is 28.3 Å². The van der Waals surface area contributed by atoms with Crippen molar-refractivity contribution in [3.8, 4) is 11.5 Å². The molecule has 162 valence electrons. The number of aromatic nitrogens is 2. The first-order valence-electron chi connectivity index (χ1n) is 10.7. The number of ether oxygens (including phenoxy) is 1. The number of likely N-dealkylation sites (N-methyl/N-ethyl adjacent to an activating group) is 1. The molecule has 1 saturated heterocycles. The molecule has 1 aromatic heterocycles. The van der Waals surface area contributed by atoms with E-state index in [0.29, 0.717) is 17.1 Å². The fraction of sp³-hybridized carbons (Fsp3) is 0.200. The van der Waals surface area contributed by atoms with Gasteiger partial charge in [0, 0.05) is 42.8 Å². The van der Waals surface area contributed by atoms with E-state index in [2.05, 4.69) is 38.4 Å². The number of fused-ring (bicyclic) bond motifs is 1. The molecule has 1 fully saturated rings. The average molecular weight is 428 g/mol. The number of aromatic amines is 1. The summed E-state index contributed by atoms with van der Waals surface area (Å²) in [6, 6.07) is 23.0. The van der Waals surface area contributed by atoms with Gasteiger partial charge < -0.3 is 19.9 Å². The Morgan fingerprint density at radius 2 is 1.75 bits per heavy atom. The molecule has 5 rings (SSSR count). The van der Waals surface area contributed by atoms with Gasteiger partial charge in [-0.1, -0.05) is 24.3 Å². The molecule has 1 aliphatic heterocycles. The normalized spacial score (nSPS) is 14.5. The third-order valence-electron chi connectivity index (χ3n) is 5.72. The van der Waals surface area contributed by atoms with Crippen molar-refractivity contribution < 1.29 is 9.53 Å². The molecule has 0 bridgehead atoms. The van der Waals surface area contributed by atoms with Crippen molar-refractivity contribution in [2.24, 2.45) is 0 Å². The van der Waals surface area contributed by atoms with E-state index in [4.69, 9.17) is 4.74 Å². The van der Waals surface area contributed by atoms with Gasteiger partial charge in [-0.05, 0) is 55.6 Å². The quantitative estimate of drug-likeness (QED) is 0.495. The van der Waals surface area contributed by atoms with Crippen LogP contribution in [0.2, 0.25) is 0 Å². The maximum Gasteiger partial charge on any atom is 0.256 e. The average Bonchev–Trinajstić information content (AvgIpc) is 3.22. The predicted octanol–water partition coefficient (Wildman–Crippen LogP) is 4.36. The Morgan fingerprint density at radius 1 is 0.938 bits per heavy atom. The number of rotatable bonds is 5. The molecular weight excluding hydrogens is 402 g/mol. The van der Waals surface area contributed by atoms with Gasteiger partial charge in [-0.2, -0.15) is 5.10 Å². The summed E-state index contributed by atoms with van der Waals surface area (Å²) < 4.78 is 5.93. The summed E-state index contributed by atoms with van der Waals surface area (Å²) in [5.41, 5.74) is 2.50. The fourth-order valence-corrected chi connectivity index (χ4v) is 3.86. The van der Waals surface area contributed by atoms with Crippen LogP contribution in [-0.2, 0) is 0 Å². The van der Waals surface area contributed by atoms with Crippen LogP contribution in [0.4, 0.5) is 11.5 Å². The van der Waals surface area contributed by atoms with Gasteiger partial charge >= 0.3 is 0 Å². The lowest BCUT2D eigenvalue weighted by Crippen LogP contribution is -2.44. The number of piperazine rings is 1. The van der Waals surface area contributed by atoms with E-state index in [9.17, 15) is 4.79 Å². The van der Waals surface area contributed by atoms with Crippen LogP contribution in [0.25, 0.3) is 10.9 Å². The number of carbonyl (C=O) groups is 1. The van der Waals surface area contributed by atoms with Gasteiger partial charge in [-0.25, -0.2) is 0 Å². The Kier molecular flexibility index (Phi) is 5.47. The zero-order chi connectivity index (χ0) is 21.9. The molecule has 0 unspecified atom stereocenters. The summed E-state index contributed by atoms with van der Waals surface area (Å²) in [6.07, 6.45) is 0. The minimum absolute atomic E-state index is 0.191. The van der Waals surface area contributed by atoms with E-state index < -0.39 is 0 Å². The van der Waals surface area contributed by atoms with Crippen molar-refractivity contribution in [3.05, 3.63) is 78.4 Å². The van der Waals surface area contributed by atoms with E-state index in [0.717, 1.165) is 48.5 Å². The van der Waals surface area contributed by atoms with Gasteiger partial charge in [-0.15, -0.1) is 0 Å². The lowest BCUT2D eigenvalue weighted by Gasteiger charge is -2.34. The van der Waals surface area contributed by atoms with Gasteiger partial charge in [0.05, 0.1) is 5.52 Å². The van der Waals surface area contributed by atoms with E-state index in [1.807, 2.05) is 66.7 Å². The van der Waals surface area contributed by atoms with Crippen LogP contribution in [0, 0.1) is 0 Å². The van der Waals surface area contributed by atoms with E-state index in [-0.39, 0.29) is 5.91 Å². The fourth-order valence-electron chi connectivity index (χ4n) is 3.86. The molecule has 1 amide bonds. The molecule has 0 saturated carbocycles. The van der Waals surface area contributed by atoms with Gasteiger partial charge in [0.15, 0.2) is 5.82 Å². The Bertz CT molecular complexity index is 1230. The van der Waals surface area contributed by atoms with Crippen LogP contribution in [0.5, 0.6) is 11.5 Å². The topological polar surface area (TPSA) is 73.5 Å². The molecule has 0 aliphatic carbocycles. The lowest BCUT2D eigenvalue weighted by molar-refractivity contribution is 0.102. The number of hydrogen-bond donors (Lipinski definition) is 2. The number of para-hydroxylation sites is 1. The third-order valence-corrected chi connectivity index (χ3v) is 5.72. The molecule has 32 heavy (non-hydrogen) atoms. The number of H-pyrrole nitrogens is 1. The van der Waals surface area contributed by atoms with E-state index in [1.54, 1.807) is 0 Å². The number of amides is 1. The van der Waals surface area contributed by atoms with Crippen LogP contribution in [0.3, 0.4) is 0 Å². The number of nitrogens with zero attached hydrogens (tertiary/aromatic N) is 3. The largest absolute Gasteiger partial charge is 0.457 e. The summed E-state index contributed by atoms with van der Waals surface area (Å²) in [5.74, 6) is 1.72. The zero-order valence-corrected chi connectivity index (χ0v) is 17.9. The second kappa shape index (κ2) is 8.72. The lowest BCUT2D eigenvalue weighted by atomic mass is 10.1. The Hall–Kier alpha value is -3.84. The summed E-state index contributed by atoms with van der Waals surface area (Å²) in [7, 11) is 2.13. The first-order valence-corrected chi connectivity index (χ1v) is 10.7. The van der Waals surface area contributed by atoms with Crippen molar-refractivity contribution in [1.29, 1.82) is 0 Å². The van der Waals surface area contributed by atoms with Crippen molar-refractivity contribution in [2.45, 2.75) is 0 Å². The van der Waals surface area contributed by atoms with Gasteiger partial charge in [-0.3, -0.25) is 9.89 Å². The SMILES string of the molecule is CN1CCN(c2cccc(C(=O)Nc3n[nH]c4ccc(Oc5ccccc5)cc34)c2)CC1. The zero-order valence-electron chi connectivity index (χ0n) is 17.9. The third kappa shape index (κ3) is 4.29. The van der Waals surface area contributed by atoms with Crippen LogP contribution >= 0.6 is 0 Å². The van der Waals surface area contributed by atoms with Crippen molar-refractivity contribution in [1.82, 2.24) is 15.1 Å². The smallest absolute Gasteiger partial charge is 0.256 e. The minimum Gasteiger partial charge on any atom is -0.457 e. The molecule has 0 radical (unpaired) electrons. The van der Waals surface area contributed by atoms with Gasteiger partial charge in [0.25, 0.3) is 5.91 Å². The molecule has 1 aliphatic rings. The van der Waals surface area contributed by atoms with Crippen molar-refractivity contribution in [2.75, 3.05) is 43.4 Å². The summed E-state index contributed by atoms with van der Waals surface area (Å²) >= 11 is 0. The summed E-state index contributed by atoms with van der Waals surface area (Å²) in [4.78, 5) is 17.6. The second-order valence-corrected chi connectivity index (χ2v) is 7.99. The molecule has 2 heterocycles. The standard InChI is InChI=1S/C25H25N5O2/c1-29-12-14-30(15-13-29)19-7-5-6-18(16-19)25(31)26-24-22-17-21(10-11-23(22)27-28-24)32-20-8-3-2-4-9-20/h2-11,16-17H,12-15H2,1H3,(H2,26,27,28,31). The van der Waals surface area contributed by atoms with Crippen LogP contribution < -0.4 is 15.0 Å². The number of anilines is 2. The second-order valence-electron chi connectivity index (χ2n) is 7.99. The summed E-state index contributed by atoms with van der Waals surface area (Å²) in [5, 5.41) is 11.0. The van der Waals surface area contributed by atoms with E-state index >= 15 is 0 Å². The first-order chi connectivity index (χ1) is 15.7. The Balaban J connectivity index is 1.34. The number of benzene rings is 3. The number of nitrogens with one attached hydrogen (secondary N) is 2. The highest BCUT2D eigenvalue weighted by Crippen LogP contribution is 2.29. The number of hydrogen-bond acceptors (Lipinski definition) is 5. The van der Waals surface area contributed by atoms with Crippen LogP contribution in [0.1, 0.15) is 10.4 Å². The van der Waals surface area contributed by atoms with Crippen LogP contribution in [-0.4, -0.2) is 54.2 Å². The number of carbonyl (C=O) groups excluding carboxylic acids is 1. The van der Waals surface area contributed by atoms with Gasteiger partial charge in [0.1, 0.15) is 11.5 Å². The molecule has 0 spiro atoms. The van der Waals surface area contributed by atoms with Crippen LogP contribution in [0.15, 0.2) is 72.8 Å². The Labute approximate surface area is 186 Å². The van der Waals surface area contributed by atoms with Crippen molar-refractivity contribution in [3.63, 3.8) is 0 Å².